The quantitative estimate of drug-likeness (QED) is 0.551. The first-order valence-corrected chi connectivity index (χ1v) is 3.99. The van der Waals surface area contributed by atoms with Crippen LogP contribution in [0.1, 0.15) is 10.4 Å². The maximum Gasteiger partial charge on any atom is 0.150 e. The summed E-state index contributed by atoms with van der Waals surface area (Å²) in [5.41, 5.74) is 7.18. The van der Waals surface area contributed by atoms with Gasteiger partial charge in [0.25, 0.3) is 0 Å². The largest absolute Gasteiger partial charge is 0.298 e. The van der Waals surface area contributed by atoms with Gasteiger partial charge < -0.3 is 0 Å². The highest BCUT2D eigenvalue weighted by atomic mass is 16.6. The average molecular weight is 196 g/mol. The lowest BCUT2D eigenvalue weighted by molar-refractivity contribution is 0.112. The van der Waals surface area contributed by atoms with Gasteiger partial charge >= 0.3 is 0 Å². The molecule has 0 atom stereocenters. The van der Waals surface area contributed by atoms with E-state index >= 15 is 0 Å². The lowest BCUT2D eigenvalue weighted by Crippen LogP contribution is -2.03. The fourth-order valence-electron chi connectivity index (χ4n) is 1.03. The lowest BCUT2D eigenvalue weighted by atomic mass is 10.2. The molecule has 0 amide bonds. The highest BCUT2D eigenvalue weighted by molar-refractivity contribution is 5.81. The van der Waals surface area contributed by atoms with Gasteiger partial charge in [-0.05, 0) is 18.2 Å². The molecule has 2 N–H and O–H groups in total. The summed E-state index contributed by atoms with van der Waals surface area (Å²) in [5, 5.41) is 0. The highest BCUT2D eigenvalue weighted by Gasteiger charge is 2.02. The lowest BCUT2D eigenvalue weighted by Gasteiger charge is -2.10. The summed E-state index contributed by atoms with van der Waals surface area (Å²) in [6.45, 7) is 0. The van der Waals surface area contributed by atoms with Gasteiger partial charge in [-0.2, -0.15) is 0 Å². The van der Waals surface area contributed by atoms with Crippen molar-refractivity contribution in [2.45, 2.75) is 0 Å². The van der Waals surface area contributed by atoms with Crippen LogP contribution in [0.5, 0.6) is 0 Å². The highest BCUT2D eigenvalue weighted by Crippen LogP contribution is 2.22. The van der Waals surface area contributed by atoms with Crippen LogP contribution < -0.4 is 11.0 Å². The molecule has 0 radical (unpaired) electrons. The fraction of sp³-hybridized carbons (Fsp3) is 0.222. The molecule has 0 spiro atoms. The van der Waals surface area contributed by atoms with Gasteiger partial charge in [0, 0.05) is 5.56 Å². The number of hydrogen-bond donors (Lipinski definition) is 2. The Balaban J connectivity index is 2.96. The van der Waals surface area contributed by atoms with Crippen LogP contribution in [-0.4, -0.2) is 20.5 Å². The van der Waals surface area contributed by atoms with E-state index in [2.05, 4.69) is 11.0 Å². The van der Waals surface area contributed by atoms with Crippen molar-refractivity contribution in [3.63, 3.8) is 0 Å². The number of nitrogens with one attached hydrogen (secondary N) is 2. The summed E-state index contributed by atoms with van der Waals surface area (Å²) in [5.74, 6) is 0. The Morgan fingerprint density at radius 1 is 1.14 bits per heavy atom. The van der Waals surface area contributed by atoms with Crippen molar-refractivity contribution in [1.29, 1.82) is 0 Å². The molecule has 5 heteroatoms. The predicted octanol–water partition coefficient (Wildman–Crippen LogP) is 1.45. The molecule has 5 nitrogen and oxygen atoms in total. The standard InChI is InChI=1S/C9H12N2O3/c1-13-10-8-4-3-7(6-12)5-9(8)11-14-2/h3-6,10-11H,1-2H3. The zero-order valence-electron chi connectivity index (χ0n) is 8.03. The van der Waals surface area contributed by atoms with E-state index in [9.17, 15) is 4.79 Å². The number of carbonyl (C=O) groups excluding carboxylic acids is 1. The normalized spacial score (nSPS) is 9.57. The number of carbonyl (C=O) groups is 1. The summed E-state index contributed by atoms with van der Waals surface area (Å²) in [6.07, 6.45) is 0.761. The molecule has 76 valence electrons. The molecule has 0 aliphatic carbocycles. The van der Waals surface area contributed by atoms with Crippen molar-refractivity contribution in [2.24, 2.45) is 0 Å². The maximum atomic E-state index is 10.5. The van der Waals surface area contributed by atoms with Crippen molar-refractivity contribution >= 4 is 17.7 Å². The van der Waals surface area contributed by atoms with Gasteiger partial charge in [-0.25, -0.2) is 0 Å². The minimum Gasteiger partial charge on any atom is -0.298 e. The van der Waals surface area contributed by atoms with Crippen molar-refractivity contribution in [1.82, 2.24) is 0 Å². The summed E-state index contributed by atoms with van der Waals surface area (Å²) in [6, 6.07) is 5.04. The van der Waals surface area contributed by atoms with Gasteiger partial charge in [0.05, 0.1) is 25.6 Å². The molecule has 1 aromatic carbocycles. The predicted molar refractivity (Wildman–Crippen MR) is 53.1 cm³/mol. The van der Waals surface area contributed by atoms with Gasteiger partial charge in [-0.3, -0.25) is 25.4 Å². The van der Waals surface area contributed by atoms with Crippen molar-refractivity contribution in [2.75, 3.05) is 25.2 Å². The third-order valence-electron chi connectivity index (χ3n) is 1.60. The topological polar surface area (TPSA) is 59.6 Å². The first-order chi connectivity index (χ1) is 6.81. The Bertz CT molecular complexity index is 315. The molecule has 0 bridgehead atoms. The molecule has 0 unspecified atom stereocenters. The average Bonchev–Trinajstić information content (AvgIpc) is 2.21. The Hall–Kier alpha value is -1.59. The molecule has 0 aliphatic heterocycles. The van der Waals surface area contributed by atoms with E-state index < -0.39 is 0 Å². The van der Waals surface area contributed by atoms with E-state index in [0.29, 0.717) is 16.9 Å². The monoisotopic (exact) mass is 196 g/mol. The third kappa shape index (κ3) is 2.45. The third-order valence-corrected chi connectivity index (χ3v) is 1.60. The van der Waals surface area contributed by atoms with Crippen LogP contribution in [-0.2, 0) is 9.68 Å². The number of aldehydes is 1. The second-order valence-electron chi connectivity index (χ2n) is 2.54. The van der Waals surface area contributed by atoms with E-state index in [1.807, 2.05) is 0 Å². The second-order valence-corrected chi connectivity index (χ2v) is 2.54. The van der Waals surface area contributed by atoms with Gasteiger partial charge in [0.2, 0.25) is 0 Å². The van der Waals surface area contributed by atoms with E-state index in [1.54, 1.807) is 18.2 Å². The summed E-state index contributed by atoms with van der Waals surface area (Å²) >= 11 is 0. The number of hydrogen-bond acceptors (Lipinski definition) is 5. The first kappa shape index (κ1) is 10.5. The molecular formula is C9H12N2O3. The fourth-order valence-corrected chi connectivity index (χ4v) is 1.03. The minimum absolute atomic E-state index is 0.561. The number of benzene rings is 1. The SMILES string of the molecule is CONc1ccc(C=O)cc1NOC. The zero-order chi connectivity index (χ0) is 10.4. The molecule has 0 fully saturated rings. The Kier molecular flexibility index (Phi) is 3.90. The van der Waals surface area contributed by atoms with Crippen LogP contribution in [0.2, 0.25) is 0 Å². The van der Waals surface area contributed by atoms with Gasteiger partial charge in [0.15, 0.2) is 0 Å². The second kappa shape index (κ2) is 5.21. The molecule has 0 aliphatic rings. The molecule has 0 saturated carbocycles. The summed E-state index contributed by atoms with van der Waals surface area (Å²) in [7, 11) is 2.99. The maximum absolute atomic E-state index is 10.5. The van der Waals surface area contributed by atoms with E-state index in [-0.39, 0.29) is 0 Å². The van der Waals surface area contributed by atoms with Crippen LogP contribution in [0.25, 0.3) is 0 Å². The molecule has 0 aromatic heterocycles. The molecular weight excluding hydrogens is 184 g/mol. The molecule has 0 heterocycles. The molecule has 1 aromatic rings. The van der Waals surface area contributed by atoms with E-state index in [4.69, 9.17) is 9.68 Å². The Morgan fingerprint density at radius 2 is 1.79 bits per heavy atom. The van der Waals surface area contributed by atoms with Crippen molar-refractivity contribution in [3.05, 3.63) is 23.8 Å². The molecule has 1 rings (SSSR count). The minimum atomic E-state index is 0.561. The Morgan fingerprint density at radius 3 is 2.36 bits per heavy atom. The first-order valence-electron chi connectivity index (χ1n) is 3.99. The van der Waals surface area contributed by atoms with Gasteiger partial charge in [0.1, 0.15) is 6.29 Å². The van der Waals surface area contributed by atoms with Crippen LogP contribution in [0.4, 0.5) is 11.4 Å². The van der Waals surface area contributed by atoms with Gasteiger partial charge in [-0.15, -0.1) is 0 Å². The van der Waals surface area contributed by atoms with Crippen molar-refractivity contribution in [3.8, 4) is 0 Å². The van der Waals surface area contributed by atoms with Crippen LogP contribution >= 0.6 is 0 Å². The summed E-state index contributed by atoms with van der Waals surface area (Å²) in [4.78, 5) is 20.0. The van der Waals surface area contributed by atoms with E-state index in [1.165, 1.54) is 14.2 Å². The molecule has 14 heavy (non-hydrogen) atoms. The molecule has 0 saturated heterocycles. The summed E-state index contributed by atoms with van der Waals surface area (Å²) < 4.78 is 0. The van der Waals surface area contributed by atoms with E-state index in [0.717, 1.165) is 6.29 Å². The zero-order valence-corrected chi connectivity index (χ0v) is 8.03. The van der Waals surface area contributed by atoms with Crippen molar-refractivity contribution < 1.29 is 14.5 Å². The number of rotatable bonds is 5. The van der Waals surface area contributed by atoms with Crippen LogP contribution in [0.3, 0.4) is 0 Å². The number of anilines is 2. The Labute approximate surface area is 81.9 Å². The van der Waals surface area contributed by atoms with Gasteiger partial charge in [-0.1, -0.05) is 0 Å². The smallest absolute Gasteiger partial charge is 0.150 e. The van der Waals surface area contributed by atoms with Crippen LogP contribution in [0, 0.1) is 0 Å². The van der Waals surface area contributed by atoms with Crippen LogP contribution in [0.15, 0.2) is 18.2 Å².